The van der Waals surface area contributed by atoms with Gasteiger partial charge in [0.1, 0.15) is 0 Å². The summed E-state index contributed by atoms with van der Waals surface area (Å²) in [6.45, 7) is 7.61. The van der Waals surface area contributed by atoms with Crippen LogP contribution in [0.2, 0.25) is 0 Å². The molecule has 0 aromatic heterocycles. The zero-order chi connectivity index (χ0) is 19.8. The maximum absolute atomic E-state index is 12.0. The van der Waals surface area contributed by atoms with E-state index in [4.69, 9.17) is 4.74 Å². The zero-order valence-electron chi connectivity index (χ0n) is 18.5. The molecular formula is C22H41IN4O2. The Balaban J connectivity index is 0.00000300. The number of aliphatic imine (C=N–C) groups is 1. The first kappa shape index (κ1) is 24.7. The summed E-state index contributed by atoms with van der Waals surface area (Å²) in [4.78, 5) is 21.7. The van der Waals surface area contributed by atoms with Gasteiger partial charge in [0.25, 0.3) is 0 Å². The molecule has 0 bridgehead atoms. The van der Waals surface area contributed by atoms with Crippen molar-refractivity contribution in [2.45, 2.75) is 76.7 Å². The van der Waals surface area contributed by atoms with Crippen molar-refractivity contribution in [1.82, 2.24) is 15.1 Å². The summed E-state index contributed by atoms with van der Waals surface area (Å²) < 4.78 is 5.20. The average molecular weight is 521 g/mol. The number of nitrogens with one attached hydrogen (secondary N) is 1. The Morgan fingerprint density at radius 3 is 2.24 bits per heavy atom. The fourth-order valence-electron chi connectivity index (χ4n) is 5.35. The summed E-state index contributed by atoms with van der Waals surface area (Å²) in [7, 11) is 1.88. The first-order chi connectivity index (χ1) is 13.7. The second-order valence-electron chi connectivity index (χ2n) is 8.75. The summed E-state index contributed by atoms with van der Waals surface area (Å²) in [5.41, 5.74) is 0.303. The van der Waals surface area contributed by atoms with Gasteiger partial charge in [-0.05, 0) is 58.5 Å². The molecule has 2 aliphatic heterocycles. The molecular weight excluding hydrogens is 479 g/mol. The average Bonchev–Trinajstić information content (AvgIpc) is 2.76. The molecule has 1 N–H and O–H groups in total. The van der Waals surface area contributed by atoms with Gasteiger partial charge in [-0.1, -0.05) is 25.7 Å². The largest absolute Gasteiger partial charge is 0.466 e. The van der Waals surface area contributed by atoms with Crippen LogP contribution in [0.3, 0.4) is 0 Å². The molecule has 0 radical (unpaired) electrons. The highest BCUT2D eigenvalue weighted by Gasteiger charge is 2.39. The van der Waals surface area contributed by atoms with E-state index in [0.29, 0.717) is 12.1 Å². The third-order valence-electron chi connectivity index (χ3n) is 7.01. The number of guanidine groups is 1. The number of esters is 1. The van der Waals surface area contributed by atoms with Crippen LogP contribution in [0.4, 0.5) is 0 Å². The lowest BCUT2D eigenvalue weighted by Gasteiger charge is -2.49. The molecule has 0 aromatic carbocycles. The molecule has 1 saturated carbocycles. The van der Waals surface area contributed by atoms with Crippen LogP contribution in [0.25, 0.3) is 0 Å². The minimum absolute atomic E-state index is 0. The highest BCUT2D eigenvalue weighted by atomic mass is 127. The van der Waals surface area contributed by atoms with E-state index in [9.17, 15) is 4.79 Å². The molecule has 0 aromatic rings. The van der Waals surface area contributed by atoms with Crippen molar-refractivity contribution < 1.29 is 9.53 Å². The summed E-state index contributed by atoms with van der Waals surface area (Å²) in [6, 6.07) is 0. The van der Waals surface area contributed by atoms with E-state index < -0.39 is 0 Å². The summed E-state index contributed by atoms with van der Waals surface area (Å²) >= 11 is 0. The Hall–Kier alpha value is -0.570. The van der Waals surface area contributed by atoms with Crippen molar-refractivity contribution in [2.75, 3.05) is 46.4 Å². The first-order valence-corrected chi connectivity index (χ1v) is 11.6. The molecule has 168 valence electrons. The van der Waals surface area contributed by atoms with Crippen LogP contribution >= 0.6 is 24.0 Å². The summed E-state index contributed by atoms with van der Waals surface area (Å²) in [6.07, 6.45) is 12.5. The number of hydrogen-bond acceptors (Lipinski definition) is 4. The number of ether oxygens (including phenoxy) is 1. The van der Waals surface area contributed by atoms with Gasteiger partial charge >= 0.3 is 5.97 Å². The SMILES string of the molecule is CCOC(=O)C1CCN(C(=NC)NCC2(N3CCCCC3)CCCCC2)CC1.I. The van der Waals surface area contributed by atoms with Gasteiger partial charge in [-0.2, -0.15) is 0 Å². The Morgan fingerprint density at radius 1 is 1.03 bits per heavy atom. The van der Waals surface area contributed by atoms with E-state index in [1.54, 1.807) is 0 Å². The quantitative estimate of drug-likeness (QED) is 0.260. The lowest BCUT2D eigenvalue weighted by atomic mass is 9.79. The van der Waals surface area contributed by atoms with E-state index >= 15 is 0 Å². The Bertz CT molecular complexity index is 523. The van der Waals surface area contributed by atoms with Crippen LogP contribution in [0.15, 0.2) is 4.99 Å². The monoisotopic (exact) mass is 520 g/mol. The molecule has 0 spiro atoms. The van der Waals surface area contributed by atoms with Crippen LogP contribution in [0, 0.1) is 5.92 Å². The molecule has 29 heavy (non-hydrogen) atoms. The number of hydrogen-bond donors (Lipinski definition) is 1. The molecule has 3 aliphatic rings. The van der Waals surface area contributed by atoms with Crippen molar-refractivity contribution >= 4 is 35.9 Å². The predicted octanol–water partition coefficient (Wildman–Crippen LogP) is 3.64. The second-order valence-corrected chi connectivity index (χ2v) is 8.75. The summed E-state index contributed by atoms with van der Waals surface area (Å²) in [5, 5.41) is 3.73. The molecule has 6 nitrogen and oxygen atoms in total. The van der Waals surface area contributed by atoms with Crippen LogP contribution in [0.5, 0.6) is 0 Å². The van der Waals surface area contributed by atoms with Gasteiger partial charge in [0.2, 0.25) is 0 Å². The smallest absolute Gasteiger partial charge is 0.309 e. The van der Waals surface area contributed by atoms with E-state index in [1.807, 2.05) is 14.0 Å². The molecule has 3 fully saturated rings. The maximum Gasteiger partial charge on any atom is 0.309 e. The van der Waals surface area contributed by atoms with Gasteiger partial charge in [0, 0.05) is 32.2 Å². The predicted molar refractivity (Wildman–Crippen MR) is 129 cm³/mol. The molecule has 3 rings (SSSR count). The fourth-order valence-corrected chi connectivity index (χ4v) is 5.35. The van der Waals surface area contributed by atoms with E-state index in [0.717, 1.165) is 38.4 Å². The normalized spacial score (nSPS) is 23.9. The van der Waals surface area contributed by atoms with Crippen LogP contribution in [-0.4, -0.2) is 73.6 Å². The fraction of sp³-hybridized carbons (Fsp3) is 0.909. The van der Waals surface area contributed by atoms with Gasteiger partial charge in [-0.15, -0.1) is 24.0 Å². The number of rotatable bonds is 5. The van der Waals surface area contributed by atoms with Crippen molar-refractivity contribution in [3.63, 3.8) is 0 Å². The Kier molecular flexibility index (Phi) is 10.5. The summed E-state index contributed by atoms with van der Waals surface area (Å²) in [5.74, 6) is 1.02. The molecule has 1 aliphatic carbocycles. The standard InChI is InChI=1S/C22H40N4O2.HI/c1-3-28-20(27)19-10-16-25(17-11-19)21(23-2)24-18-22(12-6-4-7-13-22)26-14-8-5-9-15-26;/h19H,3-18H2,1-2H3,(H,23,24);1H. The Morgan fingerprint density at radius 2 is 1.66 bits per heavy atom. The second kappa shape index (κ2) is 12.3. The molecule has 0 atom stereocenters. The first-order valence-electron chi connectivity index (χ1n) is 11.6. The molecule has 2 saturated heterocycles. The minimum Gasteiger partial charge on any atom is -0.466 e. The molecule has 7 heteroatoms. The van der Waals surface area contributed by atoms with Gasteiger partial charge in [0.05, 0.1) is 12.5 Å². The number of carbonyl (C=O) groups excluding carboxylic acids is 1. The topological polar surface area (TPSA) is 57.2 Å². The minimum atomic E-state index is -0.0312. The lowest BCUT2D eigenvalue weighted by molar-refractivity contribution is -0.149. The zero-order valence-corrected chi connectivity index (χ0v) is 20.8. The third-order valence-corrected chi connectivity index (χ3v) is 7.01. The third kappa shape index (κ3) is 6.45. The van der Waals surface area contributed by atoms with Crippen molar-refractivity contribution in [3.05, 3.63) is 0 Å². The highest BCUT2D eigenvalue weighted by molar-refractivity contribution is 14.0. The van der Waals surface area contributed by atoms with Gasteiger partial charge < -0.3 is 15.0 Å². The number of halogens is 1. The maximum atomic E-state index is 12.0. The Labute approximate surface area is 194 Å². The molecule has 2 heterocycles. The van der Waals surface area contributed by atoms with Crippen molar-refractivity contribution in [2.24, 2.45) is 10.9 Å². The number of piperidine rings is 2. The van der Waals surface area contributed by atoms with Crippen molar-refractivity contribution in [3.8, 4) is 0 Å². The van der Waals surface area contributed by atoms with E-state index in [1.165, 1.54) is 64.5 Å². The van der Waals surface area contributed by atoms with Gasteiger partial charge in [-0.25, -0.2) is 0 Å². The van der Waals surface area contributed by atoms with Crippen LogP contribution in [0.1, 0.15) is 71.1 Å². The highest BCUT2D eigenvalue weighted by Crippen LogP contribution is 2.35. The number of nitrogens with zero attached hydrogens (tertiary/aromatic N) is 3. The van der Waals surface area contributed by atoms with Gasteiger partial charge in [0.15, 0.2) is 5.96 Å². The van der Waals surface area contributed by atoms with Gasteiger partial charge in [-0.3, -0.25) is 14.7 Å². The lowest BCUT2D eigenvalue weighted by Crippen LogP contribution is -2.59. The molecule has 0 amide bonds. The molecule has 0 unspecified atom stereocenters. The van der Waals surface area contributed by atoms with Crippen molar-refractivity contribution in [1.29, 1.82) is 0 Å². The van der Waals surface area contributed by atoms with E-state index in [-0.39, 0.29) is 35.9 Å². The van der Waals surface area contributed by atoms with Crippen LogP contribution in [-0.2, 0) is 9.53 Å². The van der Waals surface area contributed by atoms with Crippen LogP contribution < -0.4 is 5.32 Å². The number of carbonyl (C=O) groups is 1. The van der Waals surface area contributed by atoms with E-state index in [2.05, 4.69) is 20.1 Å². The number of likely N-dealkylation sites (tertiary alicyclic amines) is 2.